The zero-order chi connectivity index (χ0) is 18.8. The molecule has 1 unspecified atom stereocenters. The van der Waals surface area contributed by atoms with Gasteiger partial charge in [0.15, 0.2) is 5.78 Å². The fraction of sp³-hybridized carbons (Fsp3) is 0.450. The van der Waals surface area contributed by atoms with Crippen LogP contribution in [0.2, 0.25) is 0 Å². The molecule has 6 nitrogen and oxygen atoms in total. The van der Waals surface area contributed by atoms with Gasteiger partial charge in [-0.05, 0) is 37.3 Å². The van der Waals surface area contributed by atoms with Gasteiger partial charge in [-0.2, -0.15) is 0 Å². The number of hydrogen-bond donors (Lipinski definition) is 0. The molecule has 1 aliphatic heterocycles. The van der Waals surface area contributed by atoms with Gasteiger partial charge in [-0.1, -0.05) is 36.4 Å². The minimum Gasteiger partial charge on any atom is -0.469 e. The first-order valence-electron chi connectivity index (χ1n) is 8.83. The molecule has 1 amide bonds. The normalized spacial score (nSPS) is 17.1. The summed E-state index contributed by atoms with van der Waals surface area (Å²) in [6.45, 7) is 0.901. The molecule has 0 radical (unpaired) electrons. The van der Waals surface area contributed by atoms with Crippen LogP contribution < -0.4 is 0 Å². The molecule has 1 aromatic carbocycles. The fourth-order valence-corrected chi connectivity index (χ4v) is 2.92. The molecule has 1 aromatic rings. The Bertz CT molecular complexity index is 641. The smallest absolute Gasteiger partial charge is 0.410 e. The molecule has 1 atom stereocenters. The summed E-state index contributed by atoms with van der Waals surface area (Å²) in [5.41, 5.74) is 0.947. The summed E-state index contributed by atoms with van der Waals surface area (Å²) in [5, 5.41) is 0. The van der Waals surface area contributed by atoms with E-state index in [1.165, 1.54) is 13.2 Å². The second-order valence-corrected chi connectivity index (χ2v) is 6.24. The Morgan fingerprint density at radius 3 is 2.69 bits per heavy atom. The number of likely N-dealkylation sites (tertiary alicyclic amines) is 1. The Labute approximate surface area is 153 Å². The van der Waals surface area contributed by atoms with E-state index in [0.717, 1.165) is 24.8 Å². The third-order valence-corrected chi connectivity index (χ3v) is 4.32. The van der Waals surface area contributed by atoms with Crippen molar-refractivity contribution in [2.75, 3.05) is 13.7 Å². The number of piperidine rings is 1. The van der Waals surface area contributed by atoms with Gasteiger partial charge >= 0.3 is 12.1 Å². The number of methoxy groups -OCH3 is 1. The number of ketones is 1. The highest BCUT2D eigenvalue weighted by atomic mass is 16.6. The van der Waals surface area contributed by atoms with Crippen molar-refractivity contribution in [1.82, 2.24) is 4.90 Å². The SMILES string of the molecule is COC(=O)CC(=O)/C=C/CC1CCCCN1C(=O)OCc1ccccc1. The molecule has 0 aromatic heterocycles. The highest BCUT2D eigenvalue weighted by Gasteiger charge is 2.27. The highest BCUT2D eigenvalue weighted by Crippen LogP contribution is 2.21. The molecule has 1 aliphatic rings. The van der Waals surface area contributed by atoms with Gasteiger partial charge in [0.2, 0.25) is 0 Å². The summed E-state index contributed by atoms with van der Waals surface area (Å²) in [4.78, 5) is 36.9. The van der Waals surface area contributed by atoms with Gasteiger partial charge in [0, 0.05) is 12.6 Å². The summed E-state index contributed by atoms with van der Waals surface area (Å²) in [6, 6.07) is 9.56. The van der Waals surface area contributed by atoms with Crippen molar-refractivity contribution in [2.45, 2.75) is 44.8 Å². The lowest BCUT2D eigenvalue weighted by Gasteiger charge is -2.34. The molecule has 2 rings (SSSR count). The van der Waals surface area contributed by atoms with E-state index in [2.05, 4.69) is 4.74 Å². The summed E-state index contributed by atoms with van der Waals surface area (Å²) in [7, 11) is 1.25. The number of benzene rings is 1. The Morgan fingerprint density at radius 1 is 1.19 bits per heavy atom. The van der Waals surface area contributed by atoms with Crippen LogP contribution in [0.15, 0.2) is 42.5 Å². The van der Waals surface area contributed by atoms with E-state index in [4.69, 9.17) is 4.74 Å². The zero-order valence-corrected chi connectivity index (χ0v) is 15.1. The maximum absolute atomic E-state index is 12.4. The summed E-state index contributed by atoms with van der Waals surface area (Å²) < 4.78 is 9.89. The van der Waals surface area contributed by atoms with E-state index >= 15 is 0 Å². The second kappa shape index (κ2) is 10.4. The monoisotopic (exact) mass is 359 g/mol. The molecule has 0 saturated carbocycles. The van der Waals surface area contributed by atoms with Gasteiger partial charge < -0.3 is 14.4 Å². The van der Waals surface area contributed by atoms with Crippen molar-refractivity contribution < 1.29 is 23.9 Å². The van der Waals surface area contributed by atoms with E-state index in [0.29, 0.717) is 13.0 Å². The number of allylic oxidation sites excluding steroid dienone is 1. The van der Waals surface area contributed by atoms with E-state index < -0.39 is 5.97 Å². The molecule has 0 spiro atoms. The van der Waals surface area contributed by atoms with Crippen LogP contribution in [0.1, 0.15) is 37.7 Å². The Balaban J connectivity index is 1.85. The van der Waals surface area contributed by atoms with Crippen molar-refractivity contribution in [3.05, 3.63) is 48.0 Å². The number of carbonyl (C=O) groups is 3. The van der Waals surface area contributed by atoms with E-state index in [1.807, 2.05) is 30.3 Å². The summed E-state index contributed by atoms with van der Waals surface area (Å²) in [5.74, 6) is -0.853. The molecule has 0 bridgehead atoms. The molecule has 1 fully saturated rings. The maximum Gasteiger partial charge on any atom is 0.410 e. The van der Waals surface area contributed by atoms with Crippen LogP contribution in [0.3, 0.4) is 0 Å². The predicted octanol–water partition coefficient (Wildman–Crippen LogP) is 3.26. The fourth-order valence-electron chi connectivity index (χ4n) is 2.92. The van der Waals surface area contributed by atoms with Crippen molar-refractivity contribution in [1.29, 1.82) is 0 Å². The largest absolute Gasteiger partial charge is 0.469 e. The molecule has 140 valence electrons. The van der Waals surface area contributed by atoms with Crippen LogP contribution in [-0.2, 0) is 25.7 Å². The summed E-state index contributed by atoms with van der Waals surface area (Å²) in [6.07, 6.45) is 5.94. The van der Waals surface area contributed by atoms with Gasteiger partial charge in [-0.25, -0.2) is 4.79 Å². The molecular formula is C20H25NO5. The third kappa shape index (κ3) is 6.35. The molecule has 1 saturated heterocycles. The topological polar surface area (TPSA) is 72.9 Å². The molecule has 0 aliphatic carbocycles. The van der Waals surface area contributed by atoms with Crippen LogP contribution in [0, 0.1) is 0 Å². The molecule has 6 heteroatoms. The van der Waals surface area contributed by atoms with Gasteiger partial charge in [-0.15, -0.1) is 0 Å². The number of amides is 1. The zero-order valence-electron chi connectivity index (χ0n) is 15.1. The van der Waals surface area contributed by atoms with E-state index in [1.54, 1.807) is 11.0 Å². The van der Waals surface area contributed by atoms with Crippen LogP contribution in [0.5, 0.6) is 0 Å². The number of rotatable bonds is 7. The minimum absolute atomic E-state index is 0.00852. The lowest BCUT2D eigenvalue weighted by molar-refractivity contribution is -0.142. The molecule has 0 N–H and O–H groups in total. The second-order valence-electron chi connectivity index (χ2n) is 6.24. The van der Waals surface area contributed by atoms with E-state index in [-0.39, 0.29) is 30.9 Å². The number of ether oxygens (including phenoxy) is 2. The number of esters is 1. The van der Waals surface area contributed by atoms with Crippen LogP contribution in [-0.4, -0.2) is 42.4 Å². The number of hydrogen-bond acceptors (Lipinski definition) is 5. The van der Waals surface area contributed by atoms with Crippen molar-refractivity contribution in [3.8, 4) is 0 Å². The Morgan fingerprint density at radius 2 is 1.96 bits per heavy atom. The van der Waals surface area contributed by atoms with E-state index in [9.17, 15) is 14.4 Å². The lowest BCUT2D eigenvalue weighted by atomic mass is 9.99. The predicted molar refractivity (Wildman–Crippen MR) is 96.4 cm³/mol. The average Bonchev–Trinajstić information content (AvgIpc) is 2.67. The Hall–Kier alpha value is -2.63. The lowest BCUT2D eigenvalue weighted by Crippen LogP contribution is -2.43. The molecular weight excluding hydrogens is 334 g/mol. The third-order valence-electron chi connectivity index (χ3n) is 4.32. The standard InChI is InChI=1S/C20H25NO5/c1-25-19(23)14-18(22)12-7-11-17-10-5-6-13-21(17)20(24)26-15-16-8-3-2-4-9-16/h2-4,7-9,12,17H,5-6,10-11,13-15H2,1H3/b12-7+. The quantitative estimate of drug-likeness (QED) is 0.424. The first-order chi connectivity index (χ1) is 12.6. The highest BCUT2D eigenvalue weighted by molar-refractivity contribution is 6.01. The van der Waals surface area contributed by atoms with Crippen LogP contribution in [0.25, 0.3) is 0 Å². The van der Waals surface area contributed by atoms with Crippen LogP contribution >= 0.6 is 0 Å². The number of nitrogens with zero attached hydrogens (tertiary/aromatic N) is 1. The van der Waals surface area contributed by atoms with Crippen LogP contribution in [0.4, 0.5) is 4.79 Å². The van der Waals surface area contributed by atoms with Crippen molar-refractivity contribution in [3.63, 3.8) is 0 Å². The van der Waals surface area contributed by atoms with Gasteiger partial charge in [0.05, 0.1) is 7.11 Å². The Kier molecular flexibility index (Phi) is 7.86. The minimum atomic E-state index is -0.552. The molecule has 26 heavy (non-hydrogen) atoms. The van der Waals surface area contributed by atoms with Crippen molar-refractivity contribution >= 4 is 17.8 Å². The first kappa shape index (κ1) is 19.7. The average molecular weight is 359 g/mol. The van der Waals surface area contributed by atoms with Crippen molar-refractivity contribution in [2.24, 2.45) is 0 Å². The first-order valence-corrected chi connectivity index (χ1v) is 8.83. The van der Waals surface area contributed by atoms with Gasteiger partial charge in [-0.3, -0.25) is 9.59 Å². The maximum atomic E-state index is 12.4. The summed E-state index contributed by atoms with van der Waals surface area (Å²) >= 11 is 0. The van der Waals surface area contributed by atoms with Gasteiger partial charge in [0.1, 0.15) is 13.0 Å². The van der Waals surface area contributed by atoms with Gasteiger partial charge in [0.25, 0.3) is 0 Å². The molecule has 1 heterocycles. The number of carbonyl (C=O) groups excluding carboxylic acids is 3.